The molecule has 0 unspecified atom stereocenters. The summed E-state index contributed by atoms with van der Waals surface area (Å²) in [7, 11) is 3.19. The van der Waals surface area contributed by atoms with Gasteiger partial charge in [-0.25, -0.2) is 4.98 Å². The zero-order valence-electron chi connectivity index (χ0n) is 15.3. The summed E-state index contributed by atoms with van der Waals surface area (Å²) in [4.78, 5) is 17.0. The zero-order chi connectivity index (χ0) is 19.5. The van der Waals surface area contributed by atoms with E-state index in [-0.39, 0.29) is 12.5 Å². The average Bonchev–Trinajstić information content (AvgIpc) is 3.21. The lowest BCUT2D eigenvalue weighted by Crippen LogP contribution is -2.40. The number of fused-ring (bicyclic) bond motifs is 1. The lowest BCUT2D eigenvalue weighted by atomic mass is 10.1. The lowest BCUT2D eigenvalue weighted by molar-refractivity contribution is -0.125. The number of nitrogens with one attached hydrogen (secondary N) is 1. The summed E-state index contributed by atoms with van der Waals surface area (Å²) < 4.78 is 22.0. The summed E-state index contributed by atoms with van der Waals surface area (Å²) >= 11 is 1.33. The van der Waals surface area contributed by atoms with Gasteiger partial charge in [-0.3, -0.25) is 10.1 Å². The standard InChI is InChI=1S/C20H18N2O5S/c1-24-12-7-8-13(17(9-12)25-2)14-11-28-20(21-14)22-19(23)18-10-26-15-5-3-4-6-16(15)27-18/h3-9,11,18H,10H2,1-2H3,(H,21,22,23)/t18-/m0/s1. The molecule has 0 saturated heterocycles. The third kappa shape index (κ3) is 3.59. The van der Waals surface area contributed by atoms with Crippen LogP contribution in [0.2, 0.25) is 0 Å². The number of aromatic nitrogens is 1. The first-order valence-corrected chi connectivity index (χ1v) is 9.43. The van der Waals surface area contributed by atoms with Crippen LogP contribution < -0.4 is 24.3 Å². The van der Waals surface area contributed by atoms with E-state index in [0.717, 1.165) is 5.56 Å². The van der Waals surface area contributed by atoms with Crippen LogP contribution in [-0.4, -0.2) is 37.8 Å². The molecule has 3 aromatic rings. The van der Waals surface area contributed by atoms with E-state index in [1.54, 1.807) is 32.4 Å². The fraction of sp³-hybridized carbons (Fsp3) is 0.200. The summed E-state index contributed by atoms with van der Waals surface area (Å²) in [6.45, 7) is 0.146. The van der Waals surface area contributed by atoms with Crippen LogP contribution in [0.25, 0.3) is 11.3 Å². The van der Waals surface area contributed by atoms with Gasteiger partial charge < -0.3 is 18.9 Å². The Bertz CT molecular complexity index is 1000. The van der Waals surface area contributed by atoms with Crippen molar-refractivity contribution in [2.45, 2.75) is 6.10 Å². The summed E-state index contributed by atoms with van der Waals surface area (Å²) in [6.07, 6.45) is -0.738. The molecule has 1 aromatic heterocycles. The maximum absolute atomic E-state index is 12.5. The van der Waals surface area contributed by atoms with Crippen LogP contribution in [0.15, 0.2) is 47.8 Å². The third-order valence-electron chi connectivity index (χ3n) is 4.22. The fourth-order valence-corrected chi connectivity index (χ4v) is 3.51. The minimum atomic E-state index is -0.738. The monoisotopic (exact) mass is 398 g/mol. The molecule has 1 aliphatic rings. The van der Waals surface area contributed by atoms with E-state index in [2.05, 4.69) is 10.3 Å². The van der Waals surface area contributed by atoms with Gasteiger partial charge in [-0.1, -0.05) is 12.1 Å². The molecule has 1 amide bonds. The van der Waals surface area contributed by atoms with Crippen LogP contribution in [-0.2, 0) is 4.79 Å². The van der Waals surface area contributed by atoms with E-state index >= 15 is 0 Å². The van der Waals surface area contributed by atoms with Gasteiger partial charge in [0.2, 0.25) is 6.10 Å². The third-order valence-corrected chi connectivity index (χ3v) is 4.98. The van der Waals surface area contributed by atoms with Crippen LogP contribution in [0.5, 0.6) is 23.0 Å². The number of carbonyl (C=O) groups is 1. The highest BCUT2D eigenvalue weighted by Gasteiger charge is 2.28. The molecule has 0 aliphatic carbocycles. The van der Waals surface area contributed by atoms with Crippen LogP contribution in [0, 0.1) is 0 Å². The average molecular weight is 398 g/mol. The quantitative estimate of drug-likeness (QED) is 0.707. The molecule has 0 radical (unpaired) electrons. The van der Waals surface area contributed by atoms with Gasteiger partial charge in [0.15, 0.2) is 16.6 Å². The molecule has 28 heavy (non-hydrogen) atoms. The Kier molecular flexibility index (Phi) is 5.03. The Morgan fingerprint density at radius 1 is 1.18 bits per heavy atom. The Balaban J connectivity index is 1.48. The molecule has 0 fully saturated rings. The second kappa shape index (κ2) is 7.77. The Morgan fingerprint density at radius 3 is 2.79 bits per heavy atom. The van der Waals surface area contributed by atoms with Crippen molar-refractivity contribution in [3.8, 4) is 34.3 Å². The molecular formula is C20H18N2O5S. The van der Waals surface area contributed by atoms with Gasteiger partial charge in [0.05, 0.1) is 19.9 Å². The fourth-order valence-electron chi connectivity index (χ4n) is 2.80. The number of carbonyl (C=O) groups excluding carboxylic acids is 1. The number of amides is 1. The number of nitrogens with zero attached hydrogens (tertiary/aromatic N) is 1. The number of thiazole rings is 1. The molecule has 7 nitrogen and oxygen atoms in total. The second-order valence-electron chi connectivity index (χ2n) is 5.96. The number of rotatable bonds is 5. The number of ether oxygens (including phenoxy) is 4. The highest BCUT2D eigenvalue weighted by molar-refractivity contribution is 7.14. The lowest BCUT2D eigenvalue weighted by Gasteiger charge is -2.25. The van der Waals surface area contributed by atoms with Crippen LogP contribution in [0.4, 0.5) is 5.13 Å². The molecule has 4 rings (SSSR count). The van der Waals surface area contributed by atoms with Crippen molar-refractivity contribution in [2.75, 3.05) is 26.1 Å². The van der Waals surface area contributed by atoms with Crippen molar-refractivity contribution in [3.63, 3.8) is 0 Å². The first kappa shape index (κ1) is 18.1. The van der Waals surface area contributed by atoms with Crippen molar-refractivity contribution < 1.29 is 23.7 Å². The highest BCUT2D eigenvalue weighted by atomic mass is 32.1. The molecule has 2 aromatic carbocycles. The van der Waals surface area contributed by atoms with Gasteiger partial charge in [-0.2, -0.15) is 0 Å². The van der Waals surface area contributed by atoms with E-state index in [1.165, 1.54) is 11.3 Å². The molecule has 0 saturated carbocycles. The SMILES string of the molecule is COc1ccc(-c2csc(NC(=O)[C@@H]3COc4ccccc4O3)n2)c(OC)c1. The molecule has 1 aliphatic heterocycles. The van der Waals surface area contributed by atoms with E-state index < -0.39 is 6.10 Å². The number of anilines is 1. The van der Waals surface area contributed by atoms with Gasteiger partial charge in [0.1, 0.15) is 18.1 Å². The molecule has 0 bridgehead atoms. The Hall–Kier alpha value is -3.26. The van der Waals surface area contributed by atoms with Crippen molar-refractivity contribution >= 4 is 22.4 Å². The molecule has 1 N–H and O–H groups in total. The minimum absolute atomic E-state index is 0.146. The topological polar surface area (TPSA) is 78.9 Å². The molecule has 144 valence electrons. The normalized spacial score (nSPS) is 15.0. The van der Waals surface area contributed by atoms with E-state index in [4.69, 9.17) is 18.9 Å². The van der Waals surface area contributed by atoms with Crippen LogP contribution in [0.1, 0.15) is 0 Å². The molecule has 0 spiro atoms. The number of benzene rings is 2. The first-order valence-electron chi connectivity index (χ1n) is 8.55. The van der Waals surface area contributed by atoms with Crippen LogP contribution in [0.3, 0.4) is 0 Å². The van der Waals surface area contributed by atoms with Gasteiger partial charge in [-0.15, -0.1) is 11.3 Å². The second-order valence-corrected chi connectivity index (χ2v) is 6.82. The maximum atomic E-state index is 12.5. The van der Waals surface area contributed by atoms with Crippen molar-refractivity contribution in [3.05, 3.63) is 47.8 Å². The van der Waals surface area contributed by atoms with Gasteiger partial charge >= 0.3 is 0 Å². The predicted molar refractivity (Wildman–Crippen MR) is 106 cm³/mol. The van der Waals surface area contributed by atoms with Crippen molar-refractivity contribution in [1.82, 2.24) is 4.98 Å². The molecular weight excluding hydrogens is 380 g/mol. The Labute approximate surface area is 165 Å². The maximum Gasteiger partial charge on any atom is 0.270 e. The van der Waals surface area contributed by atoms with Gasteiger partial charge in [0.25, 0.3) is 5.91 Å². The summed E-state index contributed by atoms with van der Waals surface area (Å²) in [5.41, 5.74) is 1.51. The first-order chi connectivity index (χ1) is 13.7. The molecule has 8 heteroatoms. The summed E-state index contributed by atoms with van der Waals surface area (Å²) in [5, 5.41) is 5.12. The summed E-state index contributed by atoms with van der Waals surface area (Å²) in [6, 6.07) is 12.8. The zero-order valence-corrected chi connectivity index (χ0v) is 16.1. The molecule has 2 heterocycles. The number of hydrogen-bond donors (Lipinski definition) is 1. The minimum Gasteiger partial charge on any atom is -0.497 e. The largest absolute Gasteiger partial charge is 0.497 e. The van der Waals surface area contributed by atoms with Gasteiger partial charge in [0, 0.05) is 17.0 Å². The van der Waals surface area contributed by atoms with E-state index in [9.17, 15) is 4.79 Å². The van der Waals surface area contributed by atoms with Crippen LogP contribution >= 0.6 is 11.3 Å². The number of methoxy groups -OCH3 is 2. The Morgan fingerprint density at radius 2 is 2.00 bits per heavy atom. The number of hydrogen-bond acceptors (Lipinski definition) is 7. The smallest absolute Gasteiger partial charge is 0.270 e. The predicted octanol–water partition coefficient (Wildman–Crippen LogP) is 3.61. The van der Waals surface area contributed by atoms with Crippen molar-refractivity contribution in [2.24, 2.45) is 0 Å². The molecule has 1 atom stereocenters. The van der Waals surface area contributed by atoms with Crippen molar-refractivity contribution in [1.29, 1.82) is 0 Å². The number of para-hydroxylation sites is 2. The summed E-state index contributed by atoms with van der Waals surface area (Å²) in [5.74, 6) is 2.21. The van der Waals surface area contributed by atoms with Gasteiger partial charge in [-0.05, 0) is 24.3 Å². The van der Waals surface area contributed by atoms with E-state index in [1.807, 2.05) is 29.6 Å². The van der Waals surface area contributed by atoms with E-state index in [0.29, 0.717) is 33.8 Å². The highest BCUT2D eigenvalue weighted by Crippen LogP contribution is 2.35.